The highest BCUT2D eigenvalue weighted by molar-refractivity contribution is 5.96. The molecule has 1 aromatic heterocycles. The molecule has 9 nitrogen and oxygen atoms in total. The molecule has 0 spiro atoms. The van der Waals surface area contributed by atoms with Gasteiger partial charge in [0, 0.05) is 18.4 Å². The predicted octanol–water partition coefficient (Wildman–Crippen LogP) is 5.87. The van der Waals surface area contributed by atoms with Crippen LogP contribution in [0, 0.1) is 0 Å². The third-order valence-electron chi connectivity index (χ3n) is 7.52. The van der Waals surface area contributed by atoms with Gasteiger partial charge in [0.1, 0.15) is 29.5 Å². The van der Waals surface area contributed by atoms with E-state index in [2.05, 4.69) is 20.3 Å². The zero-order valence-corrected chi connectivity index (χ0v) is 26.1. The number of hydrogen-bond donors (Lipinski definition) is 1. The molecule has 0 aliphatic carbocycles. The first-order valence-electron chi connectivity index (χ1n) is 15.2. The molecule has 9 heteroatoms. The lowest BCUT2D eigenvalue weighted by atomic mass is 9.77. The third kappa shape index (κ3) is 7.21. The van der Waals surface area contributed by atoms with Crippen molar-refractivity contribution < 1.29 is 23.8 Å². The maximum Gasteiger partial charge on any atom is 0.351 e. The van der Waals surface area contributed by atoms with E-state index in [4.69, 9.17) is 14.2 Å². The lowest BCUT2D eigenvalue weighted by molar-refractivity contribution is -0.157. The van der Waals surface area contributed by atoms with Crippen LogP contribution in [-0.4, -0.2) is 40.0 Å². The summed E-state index contributed by atoms with van der Waals surface area (Å²) in [6.07, 6.45) is -0.405. The van der Waals surface area contributed by atoms with Crippen molar-refractivity contribution in [3.05, 3.63) is 149 Å². The Morgan fingerprint density at radius 1 is 0.717 bits per heavy atom. The van der Waals surface area contributed by atoms with Gasteiger partial charge >= 0.3 is 12.0 Å². The predicted molar refractivity (Wildman–Crippen MR) is 173 cm³/mol. The van der Waals surface area contributed by atoms with Crippen molar-refractivity contribution in [2.45, 2.75) is 44.9 Å². The van der Waals surface area contributed by atoms with Gasteiger partial charge in [-0.1, -0.05) is 105 Å². The van der Waals surface area contributed by atoms with Gasteiger partial charge in [0.25, 0.3) is 5.91 Å². The Balaban J connectivity index is 1.70. The van der Waals surface area contributed by atoms with E-state index in [1.807, 2.05) is 105 Å². The van der Waals surface area contributed by atoms with E-state index < -0.39 is 23.5 Å². The van der Waals surface area contributed by atoms with Crippen LogP contribution in [0.3, 0.4) is 0 Å². The smallest absolute Gasteiger partial charge is 0.351 e. The Kier molecular flexibility index (Phi) is 10.3. The van der Waals surface area contributed by atoms with Gasteiger partial charge in [-0.2, -0.15) is 9.97 Å². The Bertz CT molecular complexity index is 1670. The Hall–Kier alpha value is -5.57. The van der Waals surface area contributed by atoms with Crippen molar-refractivity contribution in [3.8, 4) is 11.8 Å². The Labute approximate surface area is 268 Å². The lowest BCUT2D eigenvalue weighted by Crippen LogP contribution is -2.60. The highest BCUT2D eigenvalue weighted by atomic mass is 16.6. The first kappa shape index (κ1) is 31.8. The number of nitrogens with zero attached hydrogens (tertiary/aromatic N) is 3. The van der Waals surface area contributed by atoms with Crippen molar-refractivity contribution in [1.82, 2.24) is 20.3 Å². The molecule has 0 saturated heterocycles. The van der Waals surface area contributed by atoms with E-state index in [0.717, 1.165) is 5.56 Å². The molecule has 46 heavy (non-hydrogen) atoms. The number of carbonyl (C=O) groups excluding carboxylic acids is 2. The molecule has 5 rings (SSSR count). The summed E-state index contributed by atoms with van der Waals surface area (Å²) < 4.78 is 17.8. The molecule has 0 aliphatic rings. The minimum atomic E-state index is -1.60. The van der Waals surface area contributed by atoms with Crippen molar-refractivity contribution in [2.24, 2.45) is 0 Å². The number of carbonyl (C=O) groups is 2. The van der Waals surface area contributed by atoms with Gasteiger partial charge in [-0.3, -0.25) is 4.79 Å². The second kappa shape index (κ2) is 14.9. The molecule has 1 amide bonds. The fraction of sp³-hybridized carbons (Fsp3) is 0.216. The van der Waals surface area contributed by atoms with Gasteiger partial charge < -0.3 is 19.5 Å². The van der Waals surface area contributed by atoms with Gasteiger partial charge in [-0.05, 0) is 41.0 Å². The van der Waals surface area contributed by atoms with Crippen molar-refractivity contribution >= 4 is 11.9 Å². The third-order valence-corrected chi connectivity index (χ3v) is 7.52. The maximum absolute atomic E-state index is 14.4. The minimum absolute atomic E-state index is 0.0107. The van der Waals surface area contributed by atoms with Crippen LogP contribution in [0.1, 0.15) is 52.5 Å². The second-order valence-electron chi connectivity index (χ2n) is 10.5. The van der Waals surface area contributed by atoms with E-state index in [1.165, 1.54) is 0 Å². The number of aromatic nitrogens is 3. The molecule has 1 heterocycles. The van der Waals surface area contributed by atoms with E-state index in [9.17, 15) is 9.59 Å². The summed E-state index contributed by atoms with van der Waals surface area (Å²) in [4.78, 5) is 42.1. The number of esters is 1. The SMILES string of the molecule is CCc1nc(CC)nc(OC(C(=O)OCc2ccccc2)C(NC(=O)c2ccc(OC)cc2)(c2ccccc2)c2ccccc2)n1. The largest absolute Gasteiger partial charge is 0.497 e. The summed E-state index contributed by atoms with van der Waals surface area (Å²) >= 11 is 0. The topological polar surface area (TPSA) is 113 Å². The highest BCUT2D eigenvalue weighted by Crippen LogP contribution is 2.37. The molecular weight excluding hydrogens is 580 g/mol. The van der Waals surface area contributed by atoms with E-state index >= 15 is 0 Å². The average Bonchev–Trinajstić information content (AvgIpc) is 3.13. The van der Waals surface area contributed by atoms with Crippen LogP contribution in [0.15, 0.2) is 115 Å². The van der Waals surface area contributed by atoms with Crippen molar-refractivity contribution in [2.75, 3.05) is 7.11 Å². The van der Waals surface area contributed by atoms with E-state index in [-0.39, 0.29) is 12.6 Å². The number of rotatable bonds is 13. The molecular formula is C37H36N4O5. The van der Waals surface area contributed by atoms with E-state index in [0.29, 0.717) is 46.9 Å². The molecule has 0 saturated carbocycles. The zero-order chi connectivity index (χ0) is 32.4. The summed E-state index contributed by atoms with van der Waals surface area (Å²) in [5, 5.41) is 3.20. The second-order valence-corrected chi connectivity index (χ2v) is 10.5. The van der Waals surface area contributed by atoms with Crippen LogP contribution in [0.25, 0.3) is 0 Å². The van der Waals surface area contributed by atoms with Crippen LogP contribution in [0.5, 0.6) is 11.8 Å². The average molecular weight is 617 g/mol. The van der Waals surface area contributed by atoms with Gasteiger partial charge in [-0.15, -0.1) is 0 Å². The van der Waals surface area contributed by atoms with Crippen molar-refractivity contribution in [3.63, 3.8) is 0 Å². The normalized spacial score (nSPS) is 11.7. The number of benzene rings is 4. The van der Waals surface area contributed by atoms with E-state index in [1.54, 1.807) is 31.4 Å². The van der Waals surface area contributed by atoms with Gasteiger partial charge in [0.2, 0.25) is 6.10 Å². The number of aryl methyl sites for hydroxylation is 2. The first-order valence-corrected chi connectivity index (χ1v) is 15.2. The quantitative estimate of drug-likeness (QED) is 0.164. The maximum atomic E-state index is 14.4. The molecule has 234 valence electrons. The summed E-state index contributed by atoms with van der Waals surface area (Å²) in [6, 6.07) is 34.5. The Morgan fingerprint density at radius 3 is 1.74 bits per heavy atom. The molecule has 1 N–H and O–H groups in total. The molecule has 1 atom stereocenters. The minimum Gasteiger partial charge on any atom is -0.497 e. The number of amides is 1. The van der Waals surface area contributed by atoms with Crippen LogP contribution >= 0.6 is 0 Å². The molecule has 0 aliphatic heterocycles. The molecule has 0 radical (unpaired) electrons. The number of nitrogens with one attached hydrogen (secondary N) is 1. The number of methoxy groups -OCH3 is 1. The molecule has 0 fully saturated rings. The van der Waals surface area contributed by atoms with Crippen molar-refractivity contribution in [1.29, 1.82) is 0 Å². The van der Waals surface area contributed by atoms with Crippen LogP contribution in [0.4, 0.5) is 0 Å². The fourth-order valence-electron chi connectivity index (χ4n) is 5.11. The number of ether oxygens (including phenoxy) is 3. The molecule has 0 bridgehead atoms. The molecule has 5 aromatic rings. The highest BCUT2D eigenvalue weighted by Gasteiger charge is 2.51. The standard InChI is InChI=1S/C37H36N4O5/c1-4-31-38-32(5-2)40-36(39-31)46-33(35(43)45-25-26-15-9-6-10-16-26)37(28-17-11-7-12-18-28,29-19-13-8-14-20-29)41-34(42)27-21-23-30(44-3)24-22-27/h6-24,33H,4-5,25H2,1-3H3,(H,41,42). The lowest BCUT2D eigenvalue weighted by Gasteiger charge is -2.40. The summed E-state index contributed by atoms with van der Waals surface area (Å²) in [5.41, 5.74) is 0.729. The Morgan fingerprint density at radius 2 is 1.24 bits per heavy atom. The van der Waals surface area contributed by atoms with Crippen LogP contribution in [0.2, 0.25) is 0 Å². The summed E-state index contributed by atoms with van der Waals surface area (Å²) in [5.74, 6) is 0.478. The number of hydrogen-bond acceptors (Lipinski definition) is 8. The van der Waals surface area contributed by atoms with Gasteiger partial charge in [-0.25, -0.2) is 9.78 Å². The van der Waals surface area contributed by atoms with Crippen LogP contribution < -0.4 is 14.8 Å². The van der Waals surface area contributed by atoms with Gasteiger partial charge in [0.15, 0.2) is 0 Å². The van der Waals surface area contributed by atoms with Gasteiger partial charge in [0.05, 0.1) is 7.11 Å². The monoisotopic (exact) mass is 616 g/mol. The first-order chi connectivity index (χ1) is 22.5. The summed E-state index contributed by atoms with van der Waals surface area (Å²) in [7, 11) is 1.56. The molecule has 1 unspecified atom stereocenters. The fourth-order valence-corrected chi connectivity index (χ4v) is 5.11. The molecule has 4 aromatic carbocycles. The summed E-state index contributed by atoms with van der Waals surface area (Å²) in [6.45, 7) is 3.85. The van der Waals surface area contributed by atoms with Crippen LogP contribution in [-0.2, 0) is 34.5 Å². The zero-order valence-electron chi connectivity index (χ0n) is 26.1.